The molecule has 2 fully saturated rings. The third kappa shape index (κ3) is 6.21. The Morgan fingerprint density at radius 1 is 1.09 bits per heavy atom. The summed E-state index contributed by atoms with van der Waals surface area (Å²) < 4.78 is 12.3. The Hall–Kier alpha value is -3.99. The van der Waals surface area contributed by atoms with Crippen LogP contribution in [-0.2, 0) is 14.4 Å². The number of hydrogen-bond acceptors (Lipinski definition) is 8. The zero-order valence-corrected chi connectivity index (χ0v) is 27.6. The molecule has 2 amide bonds. The third-order valence-electron chi connectivity index (χ3n) is 9.64. The summed E-state index contributed by atoms with van der Waals surface area (Å²) in [6, 6.07) is 5.69. The number of carboxylic acid groups (broad SMARTS) is 1. The molecule has 1 aliphatic heterocycles. The number of hydrogen-bond donors (Lipinski definition) is 3. The minimum absolute atomic E-state index is 0.194. The van der Waals surface area contributed by atoms with Crippen molar-refractivity contribution < 1.29 is 29.0 Å². The molecule has 2 aromatic heterocycles. The monoisotopic (exact) mass is 646 g/mol. The largest absolute Gasteiger partial charge is 0.496 e. The Balaban J connectivity index is 1.33. The fourth-order valence-corrected chi connectivity index (χ4v) is 7.71. The molecule has 46 heavy (non-hydrogen) atoms. The van der Waals surface area contributed by atoms with Crippen molar-refractivity contribution in [3.63, 3.8) is 0 Å². The van der Waals surface area contributed by atoms with Crippen LogP contribution in [0.15, 0.2) is 35.7 Å². The van der Waals surface area contributed by atoms with Crippen LogP contribution < -0.4 is 20.1 Å². The van der Waals surface area contributed by atoms with E-state index in [1.807, 2.05) is 42.7 Å². The van der Waals surface area contributed by atoms with Gasteiger partial charge >= 0.3 is 5.97 Å². The summed E-state index contributed by atoms with van der Waals surface area (Å²) in [6.45, 7) is 6.69. The highest BCUT2D eigenvalue weighted by molar-refractivity contribution is 7.13. The van der Waals surface area contributed by atoms with Crippen molar-refractivity contribution in [1.82, 2.24) is 20.6 Å². The summed E-state index contributed by atoms with van der Waals surface area (Å²) in [7, 11) is 1.63. The first-order chi connectivity index (χ1) is 22.1. The minimum Gasteiger partial charge on any atom is -0.496 e. The van der Waals surface area contributed by atoms with Crippen molar-refractivity contribution in [2.24, 2.45) is 17.8 Å². The van der Waals surface area contributed by atoms with E-state index in [0.29, 0.717) is 36.6 Å². The van der Waals surface area contributed by atoms with Crippen molar-refractivity contribution in [3.05, 3.63) is 47.0 Å². The number of fused-ring (bicyclic) bond motifs is 3. The van der Waals surface area contributed by atoms with Gasteiger partial charge in [0.2, 0.25) is 11.8 Å². The number of carbonyl (C=O) groups is 3. The van der Waals surface area contributed by atoms with Gasteiger partial charge in [-0.3, -0.25) is 9.59 Å². The maximum atomic E-state index is 13.8. The lowest BCUT2D eigenvalue weighted by atomic mass is 9.93. The van der Waals surface area contributed by atoms with Gasteiger partial charge in [-0.1, -0.05) is 32.4 Å². The van der Waals surface area contributed by atoms with Crippen molar-refractivity contribution in [2.75, 3.05) is 13.7 Å². The Bertz CT molecular complexity index is 1680. The molecule has 2 saturated carbocycles. The smallest absolute Gasteiger partial charge is 0.330 e. The van der Waals surface area contributed by atoms with Gasteiger partial charge in [0.15, 0.2) is 0 Å². The van der Waals surface area contributed by atoms with Crippen LogP contribution in [0.3, 0.4) is 0 Å². The van der Waals surface area contributed by atoms with Crippen LogP contribution in [0.5, 0.6) is 11.5 Å². The molecule has 3 N–H and O–H groups in total. The van der Waals surface area contributed by atoms with Crippen molar-refractivity contribution >= 4 is 40.0 Å². The van der Waals surface area contributed by atoms with Gasteiger partial charge in [-0.25, -0.2) is 14.8 Å². The first kappa shape index (κ1) is 32.0. The Labute approximate surface area is 273 Å². The first-order valence-corrected chi connectivity index (χ1v) is 17.1. The number of amides is 2. The molecule has 10 nitrogen and oxygen atoms in total. The van der Waals surface area contributed by atoms with Gasteiger partial charge in [0, 0.05) is 34.9 Å². The lowest BCUT2D eigenvalue weighted by Crippen LogP contribution is -2.49. The van der Waals surface area contributed by atoms with Gasteiger partial charge in [-0.15, -0.1) is 11.3 Å². The van der Waals surface area contributed by atoms with E-state index in [9.17, 15) is 19.5 Å². The van der Waals surface area contributed by atoms with Crippen LogP contribution in [0.2, 0.25) is 0 Å². The number of methoxy groups -OCH3 is 1. The van der Waals surface area contributed by atoms with E-state index in [4.69, 9.17) is 19.4 Å². The summed E-state index contributed by atoms with van der Waals surface area (Å²) in [6.07, 6.45) is 8.04. The van der Waals surface area contributed by atoms with Gasteiger partial charge in [0.25, 0.3) is 0 Å². The minimum atomic E-state index is -1.33. The second kappa shape index (κ2) is 13.0. The number of carboxylic acids is 1. The standard InChI is InChI=1S/C35H42N4O6S/c1-19(2)27-18-46-33(38-27)26-16-29(23-11-12-28(44-4)20(3)30(23)37-26)45-22-14-24-25(15-22)32(41)39-35(34(42)43)17-21(35)10-8-6-5-7-9-13-36-31(24)40/h8,10-12,16,18-19,21-22,24-25H,5-7,9,13-15,17H2,1-4H3,(H,36,40)(H,39,41)(H,42,43)/b10-8-. The van der Waals surface area contributed by atoms with Gasteiger partial charge in [-0.05, 0) is 63.5 Å². The Kier molecular flexibility index (Phi) is 9.05. The van der Waals surface area contributed by atoms with E-state index >= 15 is 0 Å². The summed E-state index contributed by atoms with van der Waals surface area (Å²) in [5.41, 5.74) is 1.93. The molecule has 11 heteroatoms. The second-order valence-corrected chi connectivity index (χ2v) is 14.0. The van der Waals surface area contributed by atoms with Crippen LogP contribution in [0.25, 0.3) is 21.6 Å². The highest BCUT2D eigenvalue weighted by Crippen LogP contribution is 2.47. The predicted octanol–water partition coefficient (Wildman–Crippen LogP) is 5.78. The molecule has 3 heterocycles. The summed E-state index contributed by atoms with van der Waals surface area (Å²) in [5, 5.41) is 19.6. The fraction of sp³-hybridized carbons (Fsp3) is 0.514. The number of nitrogens with zero attached hydrogens (tertiary/aromatic N) is 2. The number of allylic oxidation sites excluding steroid dienone is 1. The Morgan fingerprint density at radius 3 is 2.59 bits per heavy atom. The molecule has 0 bridgehead atoms. The van der Waals surface area contributed by atoms with Crippen molar-refractivity contribution in [2.45, 2.75) is 83.3 Å². The zero-order chi connectivity index (χ0) is 32.6. The van der Waals surface area contributed by atoms with Crippen molar-refractivity contribution in [3.8, 4) is 22.2 Å². The van der Waals surface area contributed by atoms with E-state index in [1.54, 1.807) is 7.11 Å². The highest BCUT2D eigenvalue weighted by Gasteiger charge is 2.61. The number of benzene rings is 1. The van der Waals surface area contributed by atoms with E-state index in [1.165, 1.54) is 11.3 Å². The molecule has 244 valence electrons. The lowest BCUT2D eigenvalue weighted by Gasteiger charge is -2.21. The zero-order valence-electron chi connectivity index (χ0n) is 26.8. The quantitative estimate of drug-likeness (QED) is 0.287. The van der Waals surface area contributed by atoms with Crippen LogP contribution >= 0.6 is 11.3 Å². The average Bonchev–Trinajstić information content (AvgIpc) is 3.33. The molecule has 5 atom stereocenters. The SMILES string of the molecule is COc1ccc2c(OC3CC4C(=O)NCCCCC/C=C\C5CC5(C(=O)O)NC(=O)C4C3)cc(-c3nc(C(C)C)cs3)nc2c1C. The number of aliphatic carboxylic acids is 1. The molecule has 5 unspecified atom stereocenters. The molecule has 3 aromatic rings. The number of nitrogens with one attached hydrogen (secondary N) is 2. The molecule has 0 radical (unpaired) electrons. The van der Waals surface area contributed by atoms with Crippen LogP contribution in [0.4, 0.5) is 0 Å². The second-order valence-electron chi connectivity index (χ2n) is 13.1. The average molecular weight is 647 g/mol. The molecule has 3 aliphatic rings. The number of ether oxygens (including phenoxy) is 2. The molecular weight excluding hydrogens is 604 g/mol. The van der Waals surface area contributed by atoms with Gasteiger partial charge in [0.1, 0.15) is 33.8 Å². The van der Waals surface area contributed by atoms with Gasteiger partial charge in [-0.2, -0.15) is 0 Å². The number of pyridine rings is 1. The van der Waals surface area contributed by atoms with Crippen LogP contribution in [-0.4, -0.2) is 58.2 Å². The van der Waals surface area contributed by atoms with Gasteiger partial charge in [0.05, 0.1) is 30.2 Å². The first-order valence-electron chi connectivity index (χ1n) is 16.2. The highest BCUT2D eigenvalue weighted by atomic mass is 32.1. The molecular formula is C35H42N4O6S. The number of aromatic nitrogens is 2. The van der Waals surface area contributed by atoms with Crippen LogP contribution in [0, 0.1) is 24.7 Å². The van der Waals surface area contributed by atoms with Gasteiger partial charge < -0.3 is 25.2 Å². The molecule has 2 aliphatic carbocycles. The van der Waals surface area contributed by atoms with E-state index < -0.39 is 35.4 Å². The summed E-state index contributed by atoms with van der Waals surface area (Å²) >= 11 is 1.53. The van der Waals surface area contributed by atoms with E-state index in [2.05, 4.69) is 24.5 Å². The summed E-state index contributed by atoms with van der Waals surface area (Å²) in [4.78, 5) is 49.4. The molecule has 6 rings (SSSR count). The molecule has 1 aromatic carbocycles. The normalized spacial score (nSPS) is 27.5. The molecule has 0 saturated heterocycles. The fourth-order valence-electron chi connectivity index (χ4n) is 6.77. The molecule has 0 spiro atoms. The number of thiazole rings is 1. The maximum absolute atomic E-state index is 13.8. The number of rotatable bonds is 6. The van der Waals surface area contributed by atoms with Crippen LogP contribution in [0.1, 0.15) is 76.0 Å². The van der Waals surface area contributed by atoms with Crippen molar-refractivity contribution in [1.29, 1.82) is 0 Å². The lowest BCUT2D eigenvalue weighted by molar-refractivity contribution is -0.144. The number of carbonyl (C=O) groups excluding carboxylic acids is 2. The summed E-state index contributed by atoms with van der Waals surface area (Å²) in [5.74, 6) is -1.70. The predicted molar refractivity (Wildman–Crippen MR) is 176 cm³/mol. The van der Waals surface area contributed by atoms with E-state index in [0.717, 1.165) is 52.9 Å². The van der Waals surface area contributed by atoms with E-state index in [-0.39, 0.29) is 24.2 Å². The number of aryl methyl sites for hydroxylation is 1. The Morgan fingerprint density at radius 2 is 1.87 bits per heavy atom. The maximum Gasteiger partial charge on any atom is 0.330 e. The third-order valence-corrected chi connectivity index (χ3v) is 10.5. The topological polar surface area (TPSA) is 140 Å².